The van der Waals surface area contributed by atoms with E-state index in [2.05, 4.69) is 50.5 Å². The molecular weight excluding hydrogens is 470 g/mol. The molecule has 0 unspecified atom stereocenters. The molecule has 4 aromatic rings. The molecule has 1 spiro atoms. The van der Waals surface area contributed by atoms with Crippen LogP contribution < -0.4 is 10.2 Å². The minimum absolute atomic E-state index is 0.0000927. The number of carbonyl (C=O) groups is 1. The zero-order valence-electron chi connectivity index (χ0n) is 16.6. The van der Waals surface area contributed by atoms with Crippen molar-refractivity contribution in [3.63, 3.8) is 0 Å². The number of likely N-dealkylation sites (N-methyl/N-ethyl adjacent to an activating group) is 1. The maximum atomic E-state index is 14.0. The Morgan fingerprint density at radius 3 is 2.52 bits per heavy atom. The number of amides is 1. The van der Waals surface area contributed by atoms with Crippen LogP contribution in [0.25, 0.3) is 10.9 Å². The summed E-state index contributed by atoms with van der Waals surface area (Å²) in [5, 5.41) is 4.60. The normalized spacial score (nSPS) is 22.0. The molecule has 0 bridgehead atoms. The standard InChI is InChI=1S/C25H18BrN3OS/c1-29-19-9-5-3-7-17(19)25(24(29)30)21(14-10-12-15(26)13-11-14)20-16-6-2-4-8-18(16)27-22(20)23(31)28-25/h2-13,21,27H,1H3,(H,28,31)/t21-,25-/m1/s1. The van der Waals surface area contributed by atoms with E-state index in [1.165, 1.54) is 0 Å². The van der Waals surface area contributed by atoms with Gasteiger partial charge >= 0.3 is 0 Å². The highest BCUT2D eigenvalue weighted by Crippen LogP contribution is 2.54. The summed E-state index contributed by atoms with van der Waals surface area (Å²) < 4.78 is 0.999. The fourth-order valence-electron chi connectivity index (χ4n) is 5.23. The van der Waals surface area contributed by atoms with E-state index in [1.807, 2.05) is 55.6 Å². The van der Waals surface area contributed by atoms with Gasteiger partial charge in [-0.1, -0.05) is 76.7 Å². The molecule has 1 aromatic heterocycles. The molecule has 3 heterocycles. The molecule has 6 rings (SSSR count). The van der Waals surface area contributed by atoms with E-state index in [4.69, 9.17) is 12.2 Å². The zero-order valence-corrected chi connectivity index (χ0v) is 19.0. The predicted molar refractivity (Wildman–Crippen MR) is 131 cm³/mol. The summed E-state index contributed by atoms with van der Waals surface area (Å²) >= 11 is 9.38. The van der Waals surface area contributed by atoms with Crippen molar-refractivity contribution in [2.45, 2.75) is 11.5 Å². The minimum Gasteiger partial charge on any atom is -0.356 e. The molecule has 0 saturated heterocycles. The monoisotopic (exact) mass is 487 g/mol. The number of benzene rings is 3. The summed E-state index contributed by atoms with van der Waals surface area (Å²) in [4.78, 5) is 19.8. The summed E-state index contributed by atoms with van der Waals surface area (Å²) in [5.74, 6) is -0.253. The van der Waals surface area contributed by atoms with Crippen LogP contribution in [-0.2, 0) is 10.3 Å². The summed E-state index contributed by atoms with van der Waals surface area (Å²) in [6.45, 7) is 0. The van der Waals surface area contributed by atoms with Gasteiger partial charge in [-0.15, -0.1) is 0 Å². The predicted octanol–water partition coefficient (Wildman–Crippen LogP) is 5.21. The second kappa shape index (κ2) is 6.52. The van der Waals surface area contributed by atoms with Crippen LogP contribution in [0.5, 0.6) is 0 Å². The number of hydrogen-bond acceptors (Lipinski definition) is 2. The first-order valence-electron chi connectivity index (χ1n) is 10.1. The number of thiocarbonyl (C=S) groups is 1. The lowest BCUT2D eigenvalue weighted by Crippen LogP contribution is -2.59. The van der Waals surface area contributed by atoms with E-state index in [9.17, 15) is 4.79 Å². The van der Waals surface area contributed by atoms with E-state index >= 15 is 0 Å². The molecule has 0 fully saturated rings. The van der Waals surface area contributed by atoms with Crippen molar-refractivity contribution in [2.75, 3.05) is 11.9 Å². The van der Waals surface area contributed by atoms with Crippen LogP contribution in [0.3, 0.4) is 0 Å². The van der Waals surface area contributed by atoms with Crippen LogP contribution in [0.2, 0.25) is 0 Å². The van der Waals surface area contributed by atoms with E-state index in [1.54, 1.807) is 4.90 Å². The fourth-order valence-corrected chi connectivity index (χ4v) is 5.82. The Morgan fingerprint density at radius 2 is 1.71 bits per heavy atom. The van der Waals surface area contributed by atoms with Crippen molar-refractivity contribution in [3.8, 4) is 0 Å². The highest BCUT2D eigenvalue weighted by atomic mass is 79.9. The third kappa shape index (κ3) is 2.40. The van der Waals surface area contributed by atoms with Crippen LogP contribution >= 0.6 is 28.1 Å². The van der Waals surface area contributed by atoms with Crippen molar-refractivity contribution >= 4 is 55.6 Å². The molecule has 0 saturated carbocycles. The zero-order chi connectivity index (χ0) is 21.3. The van der Waals surface area contributed by atoms with Gasteiger partial charge in [0.1, 0.15) is 4.99 Å². The molecule has 3 aromatic carbocycles. The van der Waals surface area contributed by atoms with Gasteiger partial charge < -0.3 is 15.2 Å². The van der Waals surface area contributed by atoms with Gasteiger partial charge in [0.2, 0.25) is 0 Å². The number of nitrogens with one attached hydrogen (secondary N) is 2. The minimum atomic E-state index is -1.01. The maximum absolute atomic E-state index is 14.0. The molecule has 1 amide bonds. The Balaban J connectivity index is 1.74. The second-order valence-corrected chi connectivity index (χ2v) is 9.41. The molecule has 2 aliphatic rings. The molecule has 31 heavy (non-hydrogen) atoms. The maximum Gasteiger partial charge on any atom is 0.258 e. The Labute approximate surface area is 193 Å². The van der Waals surface area contributed by atoms with E-state index < -0.39 is 5.54 Å². The van der Waals surface area contributed by atoms with Crippen molar-refractivity contribution in [2.24, 2.45) is 0 Å². The molecule has 6 heteroatoms. The van der Waals surface area contributed by atoms with E-state index in [0.29, 0.717) is 4.99 Å². The molecular formula is C25H18BrN3OS. The number of rotatable bonds is 1. The number of nitrogens with zero attached hydrogens (tertiary/aromatic N) is 1. The average Bonchev–Trinajstić information content (AvgIpc) is 3.27. The van der Waals surface area contributed by atoms with E-state index in [-0.39, 0.29) is 11.8 Å². The van der Waals surface area contributed by atoms with Crippen molar-refractivity contribution in [1.82, 2.24) is 10.3 Å². The molecule has 152 valence electrons. The van der Waals surface area contributed by atoms with Crippen LogP contribution in [0.1, 0.15) is 28.3 Å². The molecule has 2 N–H and O–H groups in total. The van der Waals surface area contributed by atoms with Gasteiger partial charge in [-0.25, -0.2) is 0 Å². The number of para-hydroxylation sites is 2. The lowest BCUT2D eigenvalue weighted by atomic mass is 9.69. The Morgan fingerprint density at radius 1 is 1.00 bits per heavy atom. The number of fused-ring (bicyclic) bond motifs is 5. The smallest absolute Gasteiger partial charge is 0.258 e. The Hall–Kier alpha value is -2.96. The summed E-state index contributed by atoms with van der Waals surface area (Å²) in [5.41, 5.74) is 4.89. The topological polar surface area (TPSA) is 48.1 Å². The lowest BCUT2D eigenvalue weighted by Gasteiger charge is -2.42. The van der Waals surface area contributed by atoms with Gasteiger partial charge in [0, 0.05) is 39.6 Å². The molecule has 0 radical (unpaired) electrons. The Kier molecular flexibility index (Phi) is 3.95. The number of H-pyrrole nitrogens is 1. The van der Waals surface area contributed by atoms with Gasteiger partial charge in [0.25, 0.3) is 5.91 Å². The molecule has 2 atom stereocenters. The third-order valence-corrected chi connectivity index (χ3v) is 7.38. The first-order chi connectivity index (χ1) is 15.0. The van der Waals surface area contributed by atoms with Crippen LogP contribution in [-0.4, -0.2) is 22.9 Å². The molecule has 4 nitrogen and oxygen atoms in total. The SMILES string of the molecule is CN1C(=O)[C@@]2(NC(=S)c3[nH]c4ccccc4c3[C@H]2c2ccc(Br)cc2)c2ccccc21. The second-order valence-electron chi connectivity index (χ2n) is 8.09. The Bertz CT molecular complexity index is 1390. The first kappa shape index (κ1) is 18.8. The first-order valence-corrected chi connectivity index (χ1v) is 11.3. The number of carbonyl (C=O) groups excluding carboxylic acids is 1. The van der Waals surface area contributed by atoms with Gasteiger partial charge in [0.05, 0.1) is 5.69 Å². The number of anilines is 1. The highest BCUT2D eigenvalue weighted by Gasteiger charge is 2.59. The van der Waals surface area contributed by atoms with Gasteiger partial charge in [-0.05, 0) is 35.4 Å². The summed E-state index contributed by atoms with van der Waals surface area (Å²) in [7, 11) is 1.84. The van der Waals surface area contributed by atoms with Gasteiger partial charge in [-0.2, -0.15) is 0 Å². The van der Waals surface area contributed by atoms with Crippen molar-refractivity contribution < 1.29 is 4.79 Å². The molecule has 0 aliphatic carbocycles. The number of aromatic nitrogens is 1. The van der Waals surface area contributed by atoms with Crippen LogP contribution in [0.15, 0.2) is 77.3 Å². The van der Waals surface area contributed by atoms with Gasteiger partial charge in [-0.3, -0.25) is 4.79 Å². The molecule has 2 aliphatic heterocycles. The van der Waals surface area contributed by atoms with E-state index in [0.717, 1.165) is 43.4 Å². The van der Waals surface area contributed by atoms with Crippen LogP contribution in [0.4, 0.5) is 5.69 Å². The number of aromatic amines is 1. The fraction of sp³-hybridized carbons (Fsp3) is 0.120. The lowest BCUT2D eigenvalue weighted by molar-refractivity contribution is -0.124. The third-order valence-electron chi connectivity index (χ3n) is 6.54. The summed E-state index contributed by atoms with van der Waals surface area (Å²) in [6, 6.07) is 24.4. The number of hydrogen-bond donors (Lipinski definition) is 2. The highest BCUT2D eigenvalue weighted by molar-refractivity contribution is 9.10. The number of halogens is 1. The largest absolute Gasteiger partial charge is 0.356 e. The van der Waals surface area contributed by atoms with Gasteiger partial charge in [0.15, 0.2) is 5.54 Å². The van der Waals surface area contributed by atoms with Crippen molar-refractivity contribution in [3.05, 3.63) is 99.7 Å². The van der Waals surface area contributed by atoms with Crippen LogP contribution in [0, 0.1) is 0 Å². The summed E-state index contributed by atoms with van der Waals surface area (Å²) in [6.07, 6.45) is 0. The quantitative estimate of drug-likeness (QED) is 0.362. The average molecular weight is 488 g/mol. The van der Waals surface area contributed by atoms with Crippen molar-refractivity contribution in [1.29, 1.82) is 0 Å².